The summed E-state index contributed by atoms with van der Waals surface area (Å²) >= 11 is 0. The number of hydrogen-bond acceptors (Lipinski definition) is 6. The smallest absolute Gasteiger partial charge is 0.245 e. The van der Waals surface area contributed by atoms with E-state index in [2.05, 4.69) is 30.1 Å². The van der Waals surface area contributed by atoms with Crippen LogP contribution in [0.2, 0.25) is 0 Å². The summed E-state index contributed by atoms with van der Waals surface area (Å²) in [5, 5.41) is 16.2. The van der Waals surface area contributed by atoms with Crippen molar-refractivity contribution in [2.45, 2.75) is 52.1 Å². The van der Waals surface area contributed by atoms with Crippen LogP contribution in [0.25, 0.3) is 0 Å². The lowest BCUT2D eigenvalue weighted by molar-refractivity contribution is -0.116. The number of amides is 2. The summed E-state index contributed by atoms with van der Waals surface area (Å²) < 4.78 is 19.6. The van der Waals surface area contributed by atoms with Crippen molar-refractivity contribution in [3.05, 3.63) is 65.9 Å². The van der Waals surface area contributed by atoms with Crippen LogP contribution >= 0.6 is 0 Å². The van der Waals surface area contributed by atoms with Crippen molar-refractivity contribution in [1.82, 2.24) is 15.5 Å². The first kappa shape index (κ1) is 34.2. The molecule has 1 aliphatic rings. The number of aliphatic hydroxyl groups is 1. The summed E-state index contributed by atoms with van der Waals surface area (Å²) in [5.74, 6) is -0.0957. The van der Waals surface area contributed by atoms with Gasteiger partial charge in [0.15, 0.2) is 11.6 Å². The third kappa shape index (κ3) is 13.5. The van der Waals surface area contributed by atoms with Crippen molar-refractivity contribution >= 4 is 12.3 Å². The van der Waals surface area contributed by atoms with Crippen LogP contribution in [0.4, 0.5) is 4.39 Å². The quantitative estimate of drug-likeness (QED) is 0.0850. The second-order valence-corrected chi connectivity index (χ2v) is 8.21. The fraction of sp³-hybridized carbons (Fsp3) is 0.448. The summed E-state index contributed by atoms with van der Waals surface area (Å²) in [7, 11) is 1.51. The third-order valence-corrected chi connectivity index (χ3v) is 5.48. The van der Waals surface area contributed by atoms with E-state index >= 15 is 0 Å². The first-order valence-electron chi connectivity index (χ1n) is 12.8. The molecule has 8 nitrogen and oxygen atoms in total. The van der Waals surface area contributed by atoms with Crippen LogP contribution in [-0.2, 0) is 9.59 Å². The minimum absolute atomic E-state index is 0.148. The minimum Gasteiger partial charge on any atom is -0.490 e. The van der Waals surface area contributed by atoms with Crippen molar-refractivity contribution in [2.24, 2.45) is 11.7 Å². The Hall–Kier alpha value is -3.77. The fourth-order valence-electron chi connectivity index (χ4n) is 3.13. The topological polar surface area (TPSA) is 117 Å². The molecule has 1 fully saturated rings. The molecule has 0 bridgehead atoms. The molecule has 0 heterocycles. The molecule has 5 N–H and O–H groups in total. The standard InChI is InChI=1S/C25H35FN4O4.C2H6.C2H2/c1-3-21(27)22(6-4-5-12-30(17-31)13-11-25(33)28-2)29-15-23(32)19-9-10-20(26)24(14-19)34-16-18-7-8-18;2*1-2/h3,9-11,13-14,17-18,23,29,32H,1,4-8,12,15-16,27H2,2H3,(H,28,33);1-2H3;1-2H/b13-11-,22-21-;;/t23-;;/m1../s1. The van der Waals surface area contributed by atoms with Gasteiger partial charge in [0, 0.05) is 38.1 Å². The maximum atomic E-state index is 14.0. The van der Waals surface area contributed by atoms with Crippen LogP contribution < -0.4 is 21.1 Å². The molecule has 1 aliphatic carbocycles. The van der Waals surface area contributed by atoms with Gasteiger partial charge in [-0.2, -0.15) is 0 Å². The zero-order chi connectivity index (χ0) is 28.9. The number of hydrogen-bond donors (Lipinski definition) is 4. The normalized spacial score (nSPS) is 13.4. The molecule has 0 radical (unpaired) electrons. The van der Waals surface area contributed by atoms with Crippen molar-refractivity contribution in [3.8, 4) is 18.6 Å². The number of ether oxygens (including phenoxy) is 1. The van der Waals surface area contributed by atoms with Crippen LogP contribution in [-0.4, -0.2) is 49.1 Å². The molecular formula is C29H43FN4O4. The van der Waals surface area contributed by atoms with Gasteiger partial charge in [-0.25, -0.2) is 4.39 Å². The molecule has 1 atom stereocenters. The van der Waals surface area contributed by atoms with Gasteiger partial charge in [-0.1, -0.05) is 26.5 Å². The predicted octanol–water partition coefficient (Wildman–Crippen LogP) is 3.76. The Balaban J connectivity index is 0.00000326. The lowest BCUT2D eigenvalue weighted by atomic mass is 10.1. The van der Waals surface area contributed by atoms with E-state index in [1.807, 2.05) is 13.8 Å². The number of carbonyl (C=O) groups is 2. The van der Waals surface area contributed by atoms with E-state index in [4.69, 9.17) is 10.5 Å². The largest absolute Gasteiger partial charge is 0.490 e. The molecule has 9 heteroatoms. The highest BCUT2D eigenvalue weighted by molar-refractivity contribution is 5.87. The third-order valence-electron chi connectivity index (χ3n) is 5.48. The summed E-state index contributed by atoms with van der Waals surface area (Å²) in [6.45, 7) is 8.81. The molecule has 1 saturated carbocycles. The lowest BCUT2D eigenvalue weighted by Gasteiger charge is -2.18. The van der Waals surface area contributed by atoms with Gasteiger partial charge >= 0.3 is 0 Å². The Bertz CT molecular complexity index is 942. The van der Waals surface area contributed by atoms with Crippen molar-refractivity contribution in [3.63, 3.8) is 0 Å². The Morgan fingerprint density at radius 1 is 1.34 bits per heavy atom. The van der Waals surface area contributed by atoms with E-state index in [-0.39, 0.29) is 18.2 Å². The SMILES string of the molecule is C#C.C=C/C(N)=C(\CCCCN(C=O)/C=C\C(=O)NC)NC[C@@H](O)c1ccc(F)c(OCC2CC2)c1.CC. The molecule has 0 spiro atoms. The van der Waals surface area contributed by atoms with Gasteiger partial charge in [-0.15, -0.1) is 12.8 Å². The molecule has 0 aromatic heterocycles. The number of halogens is 1. The monoisotopic (exact) mass is 530 g/mol. The summed E-state index contributed by atoms with van der Waals surface area (Å²) in [6, 6.07) is 4.36. The number of terminal acetylenes is 1. The van der Waals surface area contributed by atoms with Crippen molar-refractivity contribution < 1.29 is 23.8 Å². The van der Waals surface area contributed by atoms with Gasteiger partial charge in [0.05, 0.1) is 18.4 Å². The van der Waals surface area contributed by atoms with E-state index in [9.17, 15) is 19.1 Å². The average molecular weight is 531 g/mol. The molecule has 2 rings (SSSR count). The first-order valence-corrected chi connectivity index (χ1v) is 12.8. The minimum atomic E-state index is -0.892. The summed E-state index contributed by atoms with van der Waals surface area (Å²) in [5.41, 5.74) is 7.78. The number of benzene rings is 1. The molecule has 2 amide bonds. The maximum Gasteiger partial charge on any atom is 0.245 e. The zero-order valence-electron chi connectivity index (χ0n) is 22.8. The van der Waals surface area contributed by atoms with E-state index in [1.54, 1.807) is 0 Å². The Morgan fingerprint density at radius 2 is 2.03 bits per heavy atom. The van der Waals surface area contributed by atoms with Gasteiger partial charge < -0.3 is 31.1 Å². The summed E-state index contributed by atoms with van der Waals surface area (Å²) in [6.07, 6.45) is 16.2. The number of carbonyl (C=O) groups excluding carboxylic acids is 2. The van der Waals surface area contributed by atoms with Gasteiger partial charge in [0.1, 0.15) is 0 Å². The molecule has 0 aliphatic heterocycles. The molecule has 0 saturated heterocycles. The Morgan fingerprint density at radius 3 is 2.61 bits per heavy atom. The molecular weight excluding hydrogens is 487 g/mol. The van der Waals surface area contributed by atoms with Crippen molar-refractivity contribution in [1.29, 1.82) is 0 Å². The number of nitrogens with one attached hydrogen (secondary N) is 2. The van der Waals surface area contributed by atoms with Crippen LogP contribution in [0, 0.1) is 24.6 Å². The Labute approximate surface area is 226 Å². The van der Waals surface area contributed by atoms with Gasteiger partial charge in [-0.05, 0) is 61.8 Å². The van der Waals surface area contributed by atoms with Crippen LogP contribution in [0.5, 0.6) is 5.75 Å². The van der Waals surface area contributed by atoms with Gasteiger partial charge in [0.2, 0.25) is 12.3 Å². The molecule has 1 aromatic carbocycles. The van der Waals surface area contributed by atoms with Crippen LogP contribution in [0.3, 0.4) is 0 Å². The molecule has 1 aromatic rings. The summed E-state index contributed by atoms with van der Waals surface area (Å²) in [4.78, 5) is 23.8. The van der Waals surface area contributed by atoms with E-state index in [0.29, 0.717) is 56.0 Å². The molecule has 210 valence electrons. The predicted molar refractivity (Wildman–Crippen MR) is 150 cm³/mol. The molecule has 38 heavy (non-hydrogen) atoms. The number of nitrogens with two attached hydrogens (primary N) is 1. The zero-order valence-corrected chi connectivity index (χ0v) is 22.8. The van der Waals surface area contributed by atoms with E-state index in [0.717, 1.165) is 18.5 Å². The number of rotatable bonds is 16. The number of unbranched alkanes of at least 4 members (excludes halogenated alkanes) is 1. The average Bonchev–Trinajstić information content (AvgIpc) is 3.79. The Kier molecular flexibility index (Phi) is 18.3. The van der Waals surface area contributed by atoms with E-state index < -0.39 is 11.9 Å². The van der Waals surface area contributed by atoms with Crippen molar-refractivity contribution in [2.75, 3.05) is 26.7 Å². The first-order chi connectivity index (χ1) is 18.4. The highest BCUT2D eigenvalue weighted by atomic mass is 19.1. The fourth-order valence-corrected chi connectivity index (χ4v) is 3.13. The highest BCUT2D eigenvalue weighted by Gasteiger charge is 2.23. The van der Waals surface area contributed by atoms with Gasteiger partial charge in [-0.3, -0.25) is 9.59 Å². The van der Waals surface area contributed by atoms with Crippen LogP contribution in [0.1, 0.15) is 57.6 Å². The van der Waals surface area contributed by atoms with Gasteiger partial charge in [0.25, 0.3) is 0 Å². The number of nitrogens with zero attached hydrogens (tertiary/aromatic N) is 1. The second kappa shape index (κ2) is 20.3. The number of likely N-dealkylation sites (N-methyl/N-ethyl adjacent to an activating group) is 1. The number of allylic oxidation sites excluding steroid dienone is 2. The molecule has 0 unspecified atom stereocenters. The number of aliphatic hydroxyl groups excluding tert-OH is 1. The lowest BCUT2D eigenvalue weighted by Crippen LogP contribution is -2.24. The second-order valence-electron chi connectivity index (χ2n) is 8.21. The van der Waals surface area contributed by atoms with E-state index in [1.165, 1.54) is 48.5 Å². The maximum absolute atomic E-state index is 14.0. The highest BCUT2D eigenvalue weighted by Crippen LogP contribution is 2.31. The van der Waals surface area contributed by atoms with Crippen LogP contribution in [0.15, 0.2) is 54.5 Å².